The quantitative estimate of drug-likeness (QED) is 0.541. The van der Waals surface area contributed by atoms with Crippen molar-refractivity contribution in [3.05, 3.63) is 12.2 Å². The van der Waals surface area contributed by atoms with Gasteiger partial charge in [0.2, 0.25) is 0 Å². The summed E-state index contributed by atoms with van der Waals surface area (Å²) in [6, 6.07) is 0. The van der Waals surface area contributed by atoms with Crippen LogP contribution in [0.25, 0.3) is 0 Å². The number of ether oxygens (including phenoxy) is 2. The normalized spacial score (nSPS) is 13.7. The molecule has 0 saturated carbocycles. The van der Waals surface area contributed by atoms with E-state index in [1.165, 1.54) is 13.0 Å². The van der Waals surface area contributed by atoms with Crippen LogP contribution in [0.15, 0.2) is 12.2 Å². The Morgan fingerprint density at radius 3 is 2.22 bits per heavy atom. The molecule has 18 heavy (non-hydrogen) atoms. The van der Waals surface area contributed by atoms with Gasteiger partial charge in [-0.3, -0.25) is 4.79 Å². The maximum absolute atomic E-state index is 11.3. The molecular formula is C14H24O4. The smallest absolute Gasteiger partial charge is 0.330 e. The molecule has 4 heteroatoms. The Bertz CT molecular complexity index is 316. The fraction of sp³-hybridized carbons (Fsp3) is 0.714. The first-order chi connectivity index (χ1) is 8.20. The molecule has 0 aliphatic rings. The van der Waals surface area contributed by atoms with Crippen LogP contribution in [0, 0.1) is 11.3 Å². The molecule has 0 saturated heterocycles. The Morgan fingerprint density at radius 1 is 1.28 bits per heavy atom. The highest BCUT2D eigenvalue weighted by Crippen LogP contribution is 2.29. The lowest BCUT2D eigenvalue weighted by molar-refractivity contribution is -0.162. The minimum absolute atomic E-state index is 0.157. The minimum Gasteiger partial charge on any atom is -0.462 e. The van der Waals surface area contributed by atoms with Crippen LogP contribution in [0.2, 0.25) is 0 Å². The fourth-order valence-electron chi connectivity index (χ4n) is 1.90. The van der Waals surface area contributed by atoms with Gasteiger partial charge < -0.3 is 9.47 Å². The number of rotatable bonds is 6. The highest BCUT2D eigenvalue weighted by atomic mass is 16.6. The van der Waals surface area contributed by atoms with Gasteiger partial charge in [-0.1, -0.05) is 33.8 Å². The largest absolute Gasteiger partial charge is 0.462 e. The predicted molar refractivity (Wildman–Crippen MR) is 69.9 cm³/mol. The molecule has 0 N–H and O–H groups in total. The van der Waals surface area contributed by atoms with Crippen molar-refractivity contribution in [1.82, 2.24) is 0 Å². The second-order valence-corrected chi connectivity index (χ2v) is 5.37. The van der Waals surface area contributed by atoms with Crippen LogP contribution in [0.1, 0.15) is 41.5 Å². The zero-order valence-electron chi connectivity index (χ0n) is 12.1. The van der Waals surface area contributed by atoms with E-state index in [0.29, 0.717) is 0 Å². The number of esters is 2. The van der Waals surface area contributed by atoms with E-state index in [1.54, 1.807) is 13.0 Å². The van der Waals surface area contributed by atoms with Crippen LogP contribution >= 0.6 is 0 Å². The van der Waals surface area contributed by atoms with Gasteiger partial charge in [-0.25, -0.2) is 4.79 Å². The Hall–Kier alpha value is -1.32. The molecule has 0 fully saturated rings. The molecular weight excluding hydrogens is 232 g/mol. The fourth-order valence-corrected chi connectivity index (χ4v) is 1.90. The minimum atomic E-state index is -0.420. The first-order valence-corrected chi connectivity index (χ1v) is 6.17. The molecule has 0 aromatic heterocycles. The summed E-state index contributed by atoms with van der Waals surface area (Å²) in [5.74, 6) is -0.540. The van der Waals surface area contributed by atoms with Crippen molar-refractivity contribution in [1.29, 1.82) is 0 Å². The molecule has 0 spiro atoms. The summed E-state index contributed by atoms with van der Waals surface area (Å²) in [7, 11) is 0. The van der Waals surface area contributed by atoms with Gasteiger partial charge in [0, 0.05) is 18.4 Å². The molecule has 1 atom stereocenters. The third-order valence-electron chi connectivity index (χ3n) is 2.56. The summed E-state index contributed by atoms with van der Waals surface area (Å²) in [6.07, 6.45) is 2.71. The van der Waals surface area contributed by atoms with Crippen LogP contribution in [-0.2, 0) is 19.1 Å². The first-order valence-electron chi connectivity index (χ1n) is 6.17. The summed E-state index contributed by atoms with van der Waals surface area (Å²) in [5, 5.41) is 0. The van der Waals surface area contributed by atoms with Crippen molar-refractivity contribution < 1.29 is 19.1 Å². The summed E-state index contributed by atoms with van der Waals surface area (Å²) >= 11 is 0. The highest BCUT2D eigenvalue weighted by molar-refractivity contribution is 5.81. The van der Waals surface area contributed by atoms with Crippen molar-refractivity contribution in [3.63, 3.8) is 0 Å². The van der Waals surface area contributed by atoms with Gasteiger partial charge in [0.05, 0.1) is 0 Å². The molecule has 0 aliphatic carbocycles. The number of hydrogen-bond acceptors (Lipinski definition) is 4. The Morgan fingerprint density at radius 2 is 1.83 bits per heavy atom. The second-order valence-electron chi connectivity index (χ2n) is 5.37. The van der Waals surface area contributed by atoms with Gasteiger partial charge in [0.1, 0.15) is 12.7 Å². The SMILES string of the molecule is C/C=C/C(=O)OCC(C)(C)C(OC(C)=O)C(C)C. The second kappa shape index (κ2) is 7.19. The topological polar surface area (TPSA) is 52.6 Å². The van der Waals surface area contributed by atoms with Crippen LogP contribution in [-0.4, -0.2) is 24.6 Å². The molecule has 0 aliphatic heterocycles. The number of carbonyl (C=O) groups is 2. The Labute approximate surface area is 109 Å². The van der Waals surface area contributed by atoms with Crippen molar-refractivity contribution >= 4 is 11.9 Å². The lowest BCUT2D eigenvalue weighted by Gasteiger charge is -2.35. The number of carbonyl (C=O) groups excluding carboxylic acids is 2. The third kappa shape index (κ3) is 5.84. The molecule has 0 rings (SSSR count). The third-order valence-corrected chi connectivity index (χ3v) is 2.56. The van der Waals surface area contributed by atoms with Crippen molar-refractivity contribution in [3.8, 4) is 0 Å². The van der Waals surface area contributed by atoms with E-state index >= 15 is 0 Å². The van der Waals surface area contributed by atoms with E-state index in [9.17, 15) is 9.59 Å². The summed E-state index contributed by atoms with van der Waals surface area (Å²) in [5.41, 5.74) is -0.420. The maximum atomic E-state index is 11.3. The van der Waals surface area contributed by atoms with Gasteiger partial charge in [-0.05, 0) is 12.8 Å². The molecule has 0 aromatic carbocycles. The van der Waals surface area contributed by atoms with Gasteiger partial charge in [0.25, 0.3) is 0 Å². The zero-order valence-corrected chi connectivity index (χ0v) is 12.1. The highest BCUT2D eigenvalue weighted by Gasteiger charge is 2.35. The van der Waals surface area contributed by atoms with Crippen LogP contribution in [0.3, 0.4) is 0 Å². The molecule has 104 valence electrons. The molecule has 0 heterocycles. The summed E-state index contributed by atoms with van der Waals surface area (Å²) in [6.45, 7) is 11.1. The average Bonchev–Trinajstić information content (AvgIpc) is 2.23. The van der Waals surface area contributed by atoms with E-state index in [4.69, 9.17) is 9.47 Å². The van der Waals surface area contributed by atoms with E-state index < -0.39 is 5.41 Å². The predicted octanol–water partition coefficient (Wildman–Crippen LogP) is 2.72. The lowest BCUT2D eigenvalue weighted by atomic mass is 9.81. The van der Waals surface area contributed by atoms with Crippen LogP contribution in [0.4, 0.5) is 0 Å². The number of allylic oxidation sites excluding steroid dienone is 1. The van der Waals surface area contributed by atoms with E-state index in [1.807, 2.05) is 27.7 Å². The van der Waals surface area contributed by atoms with E-state index in [-0.39, 0.29) is 30.6 Å². The Kier molecular flexibility index (Phi) is 6.66. The molecule has 0 amide bonds. The van der Waals surface area contributed by atoms with Crippen LogP contribution in [0.5, 0.6) is 0 Å². The van der Waals surface area contributed by atoms with Crippen molar-refractivity contribution in [2.45, 2.75) is 47.6 Å². The number of hydrogen-bond donors (Lipinski definition) is 0. The Balaban J connectivity index is 4.63. The molecule has 0 aromatic rings. The van der Waals surface area contributed by atoms with E-state index in [0.717, 1.165) is 0 Å². The van der Waals surface area contributed by atoms with Crippen molar-refractivity contribution in [2.24, 2.45) is 11.3 Å². The van der Waals surface area contributed by atoms with Crippen LogP contribution < -0.4 is 0 Å². The van der Waals surface area contributed by atoms with E-state index in [2.05, 4.69) is 0 Å². The molecule has 1 unspecified atom stereocenters. The molecule has 0 bridgehead atoms. The molecule has 4 nitrogen and oxygen atoms in total. The van der Waals surface area contributed by atoms with Gasteiger partial charge in [-0.2, -0.15) is 0 Å². The standard InChI is InChI=1S/C14H24O4/c1-7-8-12(16)17-9-14(5,6)13(10(2)3)18-11(4)15/h7-8,10,13H,9H2,1-6H3/b8-7+. The summed E-state index contributed by atoms with van der Waals surface area (Å²) < 4.78 is 10.5. The molecule has 0 radical (unpaired) electrons. The first kappa shape index (κ1) is 16.7. The maximum Gasteiger partial charge on any atom is 0.330 e. The van der Waals surface area contributed by atoms with Crippen molar-refractivity contribution in [2.75, 3.05) is 6.61 Å². The van der Waals surface area contributed by atoms with Gasteiger partial charge in [0.15, 0.2) is 0 Å². The summed E-state index contributed by atoms with van der Waals surface area (Å²) in [4.78, 5) is 22.4. The average molecular weight is 256 g/mol. The zero-order chi connectivity index (χ0) is 14.3. The van der Waals surface area contributed by atoms with Gasteiger partial charge >= 0.3 is 11.9 Å². The van der Waals surface area contributed by atoms with Gasteiger partial charge in [-0.15, -0.1) is 0 Å². The monoisotopic (exact) mass is 256 g/mol. The lowest BCUT2D eigenvalue weighted by Crippen LogP contribution is -2.41.